The molecule has 0 amide bonds. The Kier molecular flexibility index (Phi) is 7.56. The molecule has 0 bridgehead atoms. The van der Waals surface area contributed by atoms with Gasteiger partial charge in [-0.25, -0.2) is 8.78 Å². The van der Waals surface area contributed by atoms with Gasteiger partial charge in [0.15, 0.2) is 11.6 Å². The fourth-order valence-corrected chi connectivity index (χ4v) is 5.55. The van der Waals surface area contributed by atoms with Crippen molar-refractivity contribution >= 4 is 11.1 Å². The van der Waals surface area contributed by atoms with Crippen LogP contribution in [0.2, 0.25) is 0 Å². The maximum Gasteiger partial charge on any atom is 0.168 e. The van der Waals surface area contributed by atoms with Gasteiger partial charge < -0.3 is 9.84 Å². The van der Waals surface area contributed by atoms with Crippen molar-refractivity contribution < 1.29 is 23.0 Å². The van der Waals surface area contributed by atoms with E-state index in [9.17, 15) is 9.50 Å². The molecule has 1 atom stereocenters. The zero-order valence-electron chi connectivity index (χ0n) is 21.1. The van der Waals surface area contributed by atoms with E-state index in [1.54, 1.807) is 12.1 Å². The highest BCUT2D eigenvalue weighted by molar-refractivity contribution is 6.00. The molecule has 1 aliphatic carbocycles. The maximum atomic E-state index is 15.2. The highest BCUT2D eigenvalue weighted by Crippen LogP contribution is 2.42. The van der Waals surface area contributed by atoms with Crippen LogP contribution in [0.4, 0.5) is 13.2 Å². The van der Waals surface area contributed by atoms with Gasteiger partial charge in [-0.1, -0.05) is 30.3 Å². The van der Waals surface area contributed by atoms with E-state index >= 15 is 8.78 Å². The third-order valence-electron chi connectivity index (χ3n) is 7.38. The molecule has 0 unspecified atom stereocenters. The molecule has 3 nitrogen and oxygen atoms in total. The summed E-state index contributed by atoms with van der Waals surface area (Å²) in [5, 5.41) is 10.0. The number of halogens is 3. The minimum atomic E-state index is -0.612. The van der Waals surface area contributed by atoms with Crippen LogP contribution in [0.25, 0.3) is 11.1 Å². The Balaban J connectivity index is 1.51. The molecule has 2 aliphatic rings. The van der Waals surface area contributed by atoms with Crippen molar-refractivity contribution in [2.45, 2.75) is 45.1 Å². The van der Waals surface area contributed by atoms with E-state index in [1.165, 1.54) is 12.1 Å². The van der Waals surface area contributed by atoms with Crippen LogP contribution >= 0.6 is 0 Å². The van der Waals surface area contributed by atoms with Crippen molar-refractivity contribution in [2.24, 2.45) is 0 Å². The van der Waals surface area contributed by atoms with Gasteiger partial charge >= 0.3 is 0 Å². The summed E-state index contributed by atoms with van der Waals surface area (Å²) in [4.78, 5) is 2.22. The molecule has 1 aliphatic heterocycles. The number of allylic oxidation sites excluding steroid dienone is 1. The quantitative estimate of drug-likeness (QED) is 0.371. The molecule has 194 valence electrons. The first-order chi connectivity index (χ1) is 17.9. The summed E-state index contributed by atoms with van der Waals surface area (Å²) in [7, 11) is 0. The largest absolute Gasteiger partial charge is 0.505 e. The smallest absolute Gasteiger partial charge is 0.168 e. The highest BCUT2D eigenvalue weighted by atomic mass is 19.1. The van der Waals surface area contributed by atoms with Crippen LogP contribution in [-0.4, -0.2) is 42.4 Å². The number of benzene rings is 3. The van der Waals surface area contributed by atoms with E-state index in [4.69, 9.17) is 4.74 Å². The van der Waals surface area contributed by atoms with Gasteiger partial charge in [0.1, 0.15) is 17.7 Å². The molecule has 1 fully saturated rings. The average Bonchev–Trinajstić information content (AvgIpc) is 3.24. The Bertz CT molecular complexity index is 1300. The lowest BCUT2D eigenvalue weighted by Gasteiger charge is -2.19. The zero-order chi connectivity index (χ0) is 25.9. The molecular formula is C31H32F3NO2. The number of phenols is 1. The standard InChI is InChI=1S/C31H32F3NO2/c1-20-6-11-24(28(33)18-20)25-4-2-5-27-26(12-13-29(36)31(27)34)30(25)21-7-9-22(10-8-21)37-23-14-17-35(19-23)16-3-15-32/h6-13,18,23,36H,2-5,14-17,19H2,1H3/t23-/m0/s1. The molecule has 0 aromatic heterocycles. The molecule has 5 rings (SSSR count). The number of ether oxygens (including phenoxy) is 1. The van der Waals surface area contributed by atoms with Crippen LogP contribution in [-0.2, 0) is 6.42 Å². The molecule has 1 heterocycles. The topological polar surface area (TPSA) is 32.7 Å². The third-order valence-corrected chi connectivity index (χ3v) is 7.38. The van der Waals surface area contributed by atoms with E-state index in [0.717, 1.165) is 54.1 Å². The molecule has 3 aromatic rings. The second-order valence-corrected chi connectivity index (χ2v) is 10.0. The predicted octanol–water partition coefficient (Wildman–Crippen LogP) is 7.09. The zero-order valence-corrected chi connectivity index (χ0v) is 21.1. The van der Waals surface area contributed by atoms with Crippen LogP contribution in [0.15, 0.2) is 54.6 Å². The second kappa shape index (κ2) is 11.0. The predicted molar refractivity (Wildman–Crippen MR) is 141 cm³/mol. The van der Waals surface area contributed by atoms with Crippen molar-refractivity contribution in [1.82, 2.24) is 4.90 Å². The second-order valence-electron chi connectivity index (χ2n) is 10.0. The number of likely N-dealkylation sites (tertiary alicyclic amines) is 1. The highest BCUT2D eigenvalue weighted by Gasteiger charge is 2.26. The number of alkyl halides is 1. The van der Waals surface area contributed by atoms with Gasteiger partial charge in [0.05, 0.1) is 6.67 Å². The summed E-state index contributed by atoms with van der Waals surface area (Å²) in [6, 6.07) is 16.0. The number of hydrogen-bond acceptors (Lipinski definition) is 3. The van der Waals surface area contributed by atoms with Gasteiger partial charge in [-0.15, -0.1) is 0 Å². The molecule has 0 radical (unpaired) electrons. The van der Waals surface area contributed by atoms with Crippen molar-refractivity contribution in [3.05, 3.63) is 94.0 Å². The van der Waals surface area contributed by atoms with Gasteiger partial charge in [0.25, 0.3) is 0 Å². The van der Waals surface area contributed by atoms with E-state index in [-0.39, 0.29) is 24.3 Å². The summed E-state index contributed by atoms with van der Waals surface area (Å²) in [5.74, 6) is -0.549. The summed E-state index contributed by atoms with van der Waals surface area (Å²) in [5.41, 5.74) is 4.93. The molecule has 1 N–H and O–H groups in total. The molecular weight excluding hydrogens is 475 g/mol. The molecule has 6 heteroatoms. The molecule has 37 heavy (non-hydrogen) atoms. The Morgan fingerprint density at radius 2 is 1.78 bits per heavy atom. The van der Waals surface area contributed by atoms with Crippen LogP contribution in [0.3, 0.4) is 0 Å². The molecule has 0 spiro atoms. The Morgan fingerprint density at radius 3 is 2.54 bits per heavy atom. The summed E-state index contributed by atoms with van der Waals surface area (Å²) >= 11 is 0. The van der Waals surface area contributed by atoms with Crippen molar-refractivity contribution in [3.63, 3.8) is 0 Å². The fraction of sp³-hybridized carbons (Fsp3) is 0.355. The van der Waals surface area contributed by atoms with Crippen LogP contribution in [0.5, 0.6) is 11.5 Å². The van der Waals surface area contributed by atoms with Crippen LogP contribution in [0, 0.1) is 18.6 Å². The summed E-state index contributed by atoms with van der Waals surface area (Å²) < 4.78 is 48.9. The monoisotopic (exact) mass is 507 g/mol. The Morgan fingerprint density at radius 1 is 1.00 bits per heavy atom. The van der Waals surface area contributed by atoms with Crippen molar-refractivity contribution in [1.29, 1.82) is 0 Å². The van der Waals surface area contributed by atoms with E-state index in [0.29, 0.717) is 42.4 Å². The Hall–Kier alpha value is -3.25. The first-order valence-corrected chi connectivity index (χ1v) is 13.0. The first kappa shape index (κ1) is 25.4. The van der Waals surface area contributed by atoms with Crippen LogP contribution in [0.1, 0.15) is 53.5 Å². The minimum Gasteiger partial charge on any atom is -0.505 e. The van der Waals surface area contributed by atoms with Crippen molar-refractivity contribution in [3.8, 4) is 11.5 Å². The first-order valence-electron chi connectivity index (χ1n) is 13.0. The van der Waals surface area contributed by atoms with Gasteiger partial charge in [0, 0.05) is 25.2 Å². The maximum absolute atomic E-state index is 15.2. The number of rotatable bonds is 7. The SMILES string of the molecule is Cc1ccc(C2=C(c3ccc(O[C@H]4CCN(CCCF)C4)cc3)c3ccc(O)c(F)c3CCC2)c(F)c1. The lowest BCUT2D eigenvalue weighted by atomic mass is 9.87. The lowest BCUT2D eigenvalue weighted by Crippen LogP contribution is -2.26. The van der Waals surface area contributed by atoms with Gasteiger partial charge in [-0.2, -0.15) is 0 Å². The van der Waals surface area contributed by atoms with Crippen LogP contribution < -0.4 is 4.74 Å². The number of aromatic hydroxyl groups is 1. The van der Waals surface area contributed by atoms with E-state index in [1.807, 2.05) is 37.3 Å². The lowest BCUT2D eigenvalue weighted by molar-refractivity contribution is 0.198. The van der Waals surface area contributed by atoms with Gasteiger partial charge in [-0.3, -0.25) is 9.29 Å². The number of aryl methyl sites for hydroxylation is 1. The minimum absolute atomic E-state index is 0.0533. The van der Waals surface area contributed by atoms with E-state index < -0.39 is 5.82 Å². The van der Waals surface area contributed by atoms with Gasteiger partial charge in [-0.05, 0) is 96.7 Å². The van der Waals surface area contributed by atoms with Gasteiger partial charge in [0.2, 0.25) is 0 Å². The number of phenolic OH excluding ortho intramolecular Hbond substituents is 1. The summed E-state index contributed by atoms with van der Waals surface area (Å²) in [6.45, 7) is 3.97. The Labute approximate surface area is 216 Å². The molecule has 1 saturated heterocycles. The molecule has 0 saturated carbocycles. The molecule has 3 aromatic carbocycles. The number of nitrogens with zero attached hydrogens (tertiary/aromatic N) is 1. The van der Waals surface area contributed by atoms with Crippen molar-refractivity contribution in [2.75, 3.05) is 26.3 Å². The number of fused-ring (bicyclic) bond motifs is 1. The normalized spacial score (nSPS) is 18.1. The third kappa shape index (κ3) is 5.40. The average molecular weight is 508 g/mol. The summed E-state index contributed by atoms with van der Waals surface area (Å²) in [6.07, 6.45) is 3.17. The number of hydrogen-bond donors (Lipinski definition) is 1. The van der Waals surface area contributed by atoms with E-state index in [2.05, 4.69) is 4.90 Å². The fourth-order valence-electron chi connectivity index (χ4n) is 5.55.